The molecule has 0 radical (unpaired) electrons. The van der Waals surface area contributed by atoms with Gasteiger partial charge in [-0.1, -0.05) is 42.5 Å². The number of imidazole rings is 1. The van der Waals surface area contributed by atoms with Gasteiger partial charge in [-0.2, -0.15) is 0 Å². The molecule has 3 aliphatic heterocycles. The number of hydrogen-bond acceptors (Lipinski definition) is 5. The minimum atomic E-state index is 0.104. The van der Waals surface area contributed by atoms with Gasteiger partial charge in [-0.15, -0.1) is 11.3 Å². The van der Waals surface area contributed by atoms with E-state index in [1.807, 2.05) is 23.7 Å². The highest BCUT2D eigenvalue weighted by atomic mass is 32.1. The monoisotopic (exact) mass is 589 g/mol. The van der Waals surface area contributed by atoms with Gasteiger partial charge in [0.15, 0.2) is 0 Å². The number of rotatable bonds is 6. The first kappa shape index (κ1) is 27.0. The first-order valence-electron chi connectivity index (χ1n) is 16.0. The van der Waals surface area contributed by atoms with Crippen LogP contribution in [0.5, 0.6) is 0 Å². The summed E-state index contributed by atoms with van der Waals surface area (Å²) in [6.07, 6.45) is 8.20. The lowest BCUT2D eigenvalue weighted by Gasteiger charge is -2.45. The predicted molar refractivity (Wildman–Crippen MR) is 174 cm³/mol. The maximum absolute atomic E-state index is 13.5. The van der Waals surface area contributed by atoms with Crippen LogP contribution >= 0.6 is 11.3 Å². The molecule has 5 heterocycles. The van der Waals surface area contributed by atoms with Crippen LogP contribution in [0.25, 0.3) is 21.3 Å². The number of carbonyl (C=O) groups is 1. The number of thiazole rings is 1. The quantitative estimate of drug-likeness (QED) is 0.207. The van der Waals surface area contributed by atoms with E-state index < -0.39 is 0 Å². The molecule has 3 saturated heterocycles. The standard InChI is InChI=1S/C36H39N5OS/c1-25-38-31-9-5-6-10-33(31)41(25)30-22-28-12-13-29(23-30)40(28)20-17-36(27-7-3-2-4-8-27)15-18-39(19-16-36)35(42)26-11-14-32-34(21-26)43-24-37-32/h2-11,14,21,24,28-30H,12-13,15-20,22-23H2,1H3. The van der Waals surface area contributed by atoms with E-state index in [1.165, 1.54) is 36.8 Å². The fraction of sp³-hybridized carbons (Fsp3) is 0.417. The predicted octanol–water partition coefficient (Wildman–Crippen LogP) is 7.39. The molecule has 2 atom stereocenters. The zero-order chi connectivity index (χ0) is 29.0. The van der Waals surface area contributed by atoms with Gasteiger partial charge < -0.3 is 9.47 Å². The summed E-state index contributed by atoms with van der Waals surface area (Å²) in [6.45, 7) is 4.91. The lowest BCUT2D eigenvalue weighted by molar-refractivity contribution is 0.0607. The summed E-state index contributed by atoms with van der Waals surface area (Å²) < 4.78 is 3.61. The number of aromatic nitrogens is 3. The largest absolute Gasteiger partial charge is 0.339 e. The Bertz CT molecular complexity index is 1750. The number of aryl methyl sites for hydroxylation is 1. The number of carbonyl (C=O) groups excluding carboxylic acids is 1. The molecule has 3 aromatic carbocycles. The summed E-state index contributed by atoms with van der Waals surface area (Å²) in [7, 11) is 0. The molecule has 2 aromatic heterocycles. The van der Waals surface area contributed by atoms with Crippen LogP contribution < -0.4 is 0 Å². The number of para-hydroxylation sites is 2. The Morgan fingerprint density at radius 3 is 2.44 bits per heavy atom. The summed E-state index contributed by atoms with van der Waals surface area (Å²) in [4.78, 5) is 27.7. The van der Waals surface area contributed by atoms with Crippen LogP contribution in [0.4, 0.5) is 0 Å². The van der Waals surface area contributed by atoms with Gasteiger partial charge >= 0.3 is 0 Å². The third kappa shape index (κ3) is 4.77. The second-order valence-corrected chi connectivity index (χ2v) is 13.9. The lowest BCUT2D eigenvalue weighted by atomic mass is 9.70. The van der Waals surface area contributed by atoms with Crippen molar-refractivity contribution < 1.29 is 4.79 Å². The van der Waals surface area contributed by atoms with Gasteiger partial charge in [-0.3, -0.25) is 9.69 Å². The minimum absolute atomic E-state index is 0.104. The number of hydrogen-bond donors (Lipinski definition) is 0. The van der Waals surface area contributed by atoms with Crippen LogP contribution in [0.1, 0.15) is 72.7 Å². The average molecular weight is 590 g/mol. The van der Waals surface area contributed by atoms with Crippen molar-refractivity contribution >= 4 is 38.5 Å². The van der Waals surface area contributed by atoms with Crippen LogP contribution in [-0.4, -0.2) is 62.0 Å². The third-order valence-corrected chi connectivity index (χ3v) is 11.6. The molecule has 2 bridgehead atoms. The first-order chi connectivity index (χ1) is 21.1. The van der Waals surface area contributed by atoms with Gasteiger partial charge in [0.2, 0.25) is 0 Å². The number of fused-ring (bicyclic) bond motifs is 4. The molecule has 0 N–H and O–H groups in total. The molecule has 0 saturated carbocycles. The van der Waals surface area contributed by atoms with E-state index in [0.717, 1.165) is 66.0 Å². The van der Waals surface area contributed by atoms with Crippen LogP contribution in [0.2, 0.25) is 0 Å². The second kappa shape index (κ2) is 10.9. The molecule has 2 unspecified atom stereocenters. The van der Waals surface area contributed by atoms with Crippen LogP contribution in [0, 0.1) is 6.92 Å². The fourth-order valence-electron chi connectivity index (χ4n) is 8.57. The zero-order valence-electron chi connectivity index (χ0n) is 24.9. The fourth-order valence-corrected chi connectivity index (χ4v) is 9.29. The summed E-state index contributed by atoms with van der Waals surface area (Å²) in [5, 5.41) is 0. The number of benzene rings is 3. The number of piperidine rings is 2. The molecular weight excluding hydrogens is 550 g/mol. The topological polar surface area (TPSA) is 54.3 Å². The van der Waals surface area contributed by atoms with Crippen molar-refractivity contribution in [1.82, 2.24) is 24.3 Å². The van der Waals surface area contributed by atoms with Crippen molar-refractivity contribution in [1.29, 1.82) is 0 Å². The van der Waals surface area contributed by atoms with E-state index >= 15 is 0 Å². The SMILES string of the molecule is Cc1nc2ccccc2n1C1CC2CCC(C1)N2CCC1(c2ccccc2)CCN(C(=O)c2ccc3ncsc3c2)CC1. The lowest BCUT2D eigenvalue weighted by Crippen LogP contribution is -2.49. The molecule has 0 spiro atoms. The second-order valence-electron chi connectivity index (χ2n) is 13.0. The summed E-state index contributed by atoms with van der Waals surface area (Å²) in [5.41, 5.74) is 7.55. The van der Waals surface area contributed by atoms with E-state index in [2.05, 4.69) is 80.9 Å². The number of amides is 1. The molecule has 43 heavy (non-hydrogen) atoms. The minimum Gasteiger partial charge on any atom is -0.339 e. The van der Waals surface area contributed by atoms with E-state index in [-0.39, 0.29) is 11.3 Å². The molecular formula is C36H39N5OS. The van der Waals surface area contributed by atoms with Gasteiger partial charge in [0.05, 0.1) is 26.8 Å². The van der Waals surface area contributed by atoms with E-state index in [0.29, 0.717) is 18.1 Å². The summed E-state index contributed by atoms with van der Waals surface area (Å²) >= 11 is 1.60. The smallest absolute Gasteiger partial charge is 0.253 e. The van der Waals surface area contributed by atoms with Crippen LogP contribution in [-0.2, 0) is 5.41 Å². The van der Waals surface area contributed by atoms with Crippen molar-refractivity contribution in [3.05, 3.63) is 95.3 Å². The highest BCUT2D eigenvalue weighted by Gasteiger charge is 2.44. The Hall–Kier alpha value is -3.55. The number of likely N-dealkylation sites (tertiary alicyclic amines) is 1. The number of nitrogens with zero attached hydrogens (tertiary/aromatic N) is 5. The van der Waals surface area contributed by atoms with Crippen LogP contribution in [0.3, 0.4) is 0 Å². The molecule has 3 fully saturated rings. The van der Waals surface area contributed by atoms with E-state index in [4.69, 9.17) is 4.98 Å². The van der Waals surface area contributed by atoms with Gasteiger partial charge in [0.25, 0.3) is 5.91 Å². The summed E-state index contributed by atoms with van der Waals surface area (Å²) in [6, 6.07) is 27.5. The highest BCUT2D eigenvalue weighted by Crippen LogP contribution is 2.45. The first-order valence-corrected chi connectivity index (χ1v) is 16.8. The normalized spacial score (nSPS) is 23.7. The van der Waals surface area contributed by atoms with Crippen molar-refractivity contribution in [2.24, 2.45) is 0 Å². The Morgan fingerprint density at radius 1 is 0.907 bits per heavy atom. The van der Waals surface area contributed by atoms with E-state index in [1.54, 1.807) is 11.3 Å². The third-order valence-electron chi connectivity index (χ3n) is 10.8. The van der Waals surface area contributed by atoms with Crippen molar-refractivity contribution in [3.63, 3.8) is 0 Å². The maximum atomic E-state index is 13.5. The van der Waals surface area contributed by atoms with Gasteiger partial charge in [-0.05, 0) is 99.7 Å². The maximum Gasteiger partial charge on any atom is 0.253 e. The van der Waals surface area contributed by atoms with E-state index in [9.17, 15) is 4.79 Å². The Kier molecular flexibility index (Phi) is 6.83. The Morgan fingerprint density at radius 2 is 1.65 bits per heavy atom. The molecule has 7 heteroatoms. The van der Waals surface area contributed by atoms with Crippen molar-refractivity contribution in [3.8, 4) is 0 Å². The molecule has 1 amide bonds. The highest BCUT2D eigenvalue weighted by molar-refractivity contribution is 7.16. The summed E-state index contributed by atoms with van der Waals surface area (Å²) in [5.74, 6) is 1.30. The van der Waals surface area contributed by atoms with Crippen LogP contribution in [0.15, 0.2) is 78.3 Å². The zero-order valence-corrected chi connectivity index (χ0v) is 25.7. The van der Waals surface area contributed by atoms with Gasteiger partial charge in [-0.25, -0.2) is 9.97 Å². The van der Waals surface area contributed by atoms with Crippen molar-refractivity contribution in [2.45, 2.75) is 75.4 Å². The Balaban J connectivity index is 0.980. The Labute approximate surface area is 257 Å². The van der Waals surface area contributed by atoms with Gasteiger partial charge in [0.1, 0.15) is 5.82 Å². The van der Waals surface area contributed by atoms with Gasteiger partial charge in [0, 0.05) is 36.8 Å². The molecule has 220 valence electrons. The van der Waals surface area contributed by atoms with Crippen molar-refractivity contribution in [2.75, 3.05) is 19.6 Å². The molecule has 8 rings (SSSR count). The average Bonchev–Trinajstić information content (AvgIpc) is 3.72. The molecule has 5 aromatic rings. The molecule has 0 aliphatic carbocycles. The molecule has 6 nitrogen and oxygen atoms in total. The molecule has 3 aliphatic rings.